The van der Waals surface area contributed by atoms with Crippen molar-refractivity contribution in [1.82, 2.24) is 0 Å². The van der Waals surface area contributed by atoms with Crippen LogP contribution in [0.4, 0.5) is 0 Å². The van der Waals surface area contributed by atoms with Crippen LogP contribution >= 0.6 is 0 Å². The molecule has 0 radical (unpaired) electrons. The molecule has 0 aromatic carbocycles. The van der Waals surface area contributed by atoms with Crippen LogP contribution in [0.1, 0.15) is 72.6 Å². The Morgan fingerprint density at radius 2 is 1.90 bits per heavy atom. The lowest BCUT2D eigenvalue weighted by Gasteiger charge is -2.25. The van der Waals surface area contributed by atoms with Crippen molar-refractivity contribution in [2.45, 2.75) is 72.6 Å². The molecule has 0 aromatic heterocycles. The molecule has 0 spiro atoms. The van der Waals surface area contributed by atoms with Crippen LogP contribution < -0.4 is 0 Å². The van der Waals surface area contributed by atoms with Gasteiger partial charge in [-0.15, -0.1) is 6.58 Å². The molecule has 1 atom stereocenters. The van der Waals surface area contributed by atoms with Crippen molar-refractivity contribution in [2.75, 3.05) is 7.05 Å². The molecular weight excluding hydrogens is 244 g/mol. The van der Waals surface area contributed by atoms with E-state index in [1.807, 2.05) is 6.21 Å². The Kier molecular flexibility index (Phi) is 10.3. The van der Waals surface area contributed by atoms with Gasteiger partial charge in [0.1, 0.15) is 6.34 Å². The van der Waals surface area contributed by atoms with Crippen LogP contribution in [0, 0.1) is 11.3 Å². The molecule has 0 aliphatic carbocycles. The highest BCUT2D eigenvalue weighted by Crippen LogP contribution is 2.30. The average Bonchev–Trinajstić information content (AvgIpc) is 2.35. The highest BCUT2D eigenvalue weighted by atomic mass is 14.8. The summed E-state index contributed by atoms with van der Waals surface area (Å²) in [6.07, 6.45) is 12.4. The van der Waals surface area contributed by atoms with E-state index in [0.717, 1.165) is 6.42 Å². The fourth-order valence-electron chi connectivity index (χ4n) is 2.53. The molecule has 0 amide bonds. The Morgan fingerprint density at radius 1 is 1.25 bits per heavy atom. The molecule has 0 aliphatic rings. The van der Waals surface area contributed by atoms with E-state index in [9.17, 15) is 0 Å². The van der Waals surface area contributed by atoms with Gasteiger partial charge in [-0.3, -0.25) is 4.99 Å². The fraction of sp³-hybridized carbons (Fsp3) is 0.778. The second-order valence-electron chi connectivity index (χ2n) is 6.75. The zero-order chi connectivity index (χ0) is 15.4. The normalized spacial score (nSPS) is 14.2. The predicted octanol–water partition coefficient (Wildman–Crippen LogP) is 5.68. The lowest BCUT2D eigenvalue weighted by molar-refractivity contribution is 0.283. The minimum atomic E-state index is 0.478. The number of hydrogen-bond donors (Lipinski definition) is 0. The molecule has 0 aliphatic heterocycles. The minimum absolute atomic E-state index is 0.478. The molecule has 0 bridgehead atoms. The topological polar surface area (TPSA) is 24.7 Å². The molecule has 2 nitrogen and oxygen atoms in total. The van der Waals surface area contributed by atoms with Crippen LogP contribution in [-0.2, 0) is 0 Å². The first-order valence-corrected chi connectivity index (χ1v) is 7.99. The summed E-state index contributed by atoms with van der Waals surface area (Å²) in [5.74, 6) is 0.507. The van der Waals surface area contributed by atoms with Crippen molar-refractivity contribution in [2.24, 2.45) is 21.3 Å². The standard InChI is InChI=1S/C18H34N2/c1-7-8-11-18(4,5)12-9-10-17(13-16(2)3)14-20-15-19-6/h14-15,17H,2,7-13H2,1,3-6H3/b19-15-,20-14-. The zero-order valence-electron chi connectivity index (χ0n) is 14.3. The van der Waals surface area contributed by atoms with Crippen LogP contribution in [0.25, 0.3) is 0 Å². The summed E-state index contributed by atoms with van der Waals surface area (Å²) in [5.41, 5.74) is 1.71. The Hall–Kier alpha value is -0.920. The van der Waals surface area contributed by atoms with E-state index in [1.165, 1.54) is 44.1 Å². The summed E-state index contributed by atoms with van der Waals surface area (Å²) in [7, 11) is 1.75. The third-order valence-electron chi connectivity index (χ3n) is 3.73. The second kappa shape index (κ2) is 10.8. The summed E-state index contributed by atoms with van der Waals surface area (Å²) in [5, 5.41) is 0. The van der Waals surface area contributed by atoms with Crippen molar-refractivity contribution in [1.29, 1.82) is 0 Å². The molecule has 2 heteroatoms. The van der Waals surface area contributed by atoms with Crippen molar-refractivity contribution < 1.29 is 0 Å². The van der Waals surface area contributed by atoms with Gasteiger partial charge >= 0.3 is 0 Å². The quantitative estimate of drug-likeness (QED) is 0.264. The van der Waals surface area contributed by atoms with Crippen molar-refractivity contribution >= 4 is 12.6 Å². The Balaban J connectivity index is 4.21. The van der Waals surface area contributed by atoms with Crippen LogP contribution in [0.3, 0.4) is 0 Å². The second-order valence-corrected chi connectivity index (χ2v) is 6.75. The smallest absolute Gasteiger partial charge is 0.109 e. The Morgan fingerprint density at radius 3 is 2.45 bits per heavy atom. The number of nitrogens with zero attached hydrogens (tertiary/aromatic N) is 2. The number of aliphatic imine (C=N–C) groups is 2. The Bertz CT molecular complexity index is 313. The summed E-state index contributed by atoms with van der Waals surface area (Å²) in [4.78, 5) is 8.14. The summed E-state index contributed by atoms with van der Waals surface area (Å²) >= 11 is 0. The molecular formula is C18H34N2. The van der Waals surface area contributed by atoms with Gasteiger partial charge in [0.25, 0.3) is 0 Å². The molecule has 0 heterocycles. The van der Waals surface area contributed by atoms with E-state index in [2.05, 4.69) is 44.3 Å². The van der Waals surface area contributed by atoms with E-state index in [4.69, 9.17) is 0 Å². The highest BCUT2D eigenvalue weighted by molar-refractivity contribution is 5.73. The fourth-order valence-corrected chi connectivity index (χ4v) is 2.53. The van der Waals surface area contributed by atoms with E-state index in [0.29, 0.717) is 11.3 Å². The van der Waals surface area contributed by atoms with Crippen molar-refractivity contribution in [3.63, 3.8) is 0 Å². The third kappa shape index (κ3) is 11.0. The third-order valence-corrected chi connectivity index (χ3v) is 3.73. The van der Waals surface area contributed by atoms with Crippen molar-refractivity contribution in [3.05, 3.63) is 12.2 Å². The molecule has 1 unspecified atom stereocenters. The van der Waals surface area contributed by atoms with Gasteiger partial charge in [-0.1, -0.05) is 45.6 Å². The summed E-state index contributed by atoms with van der Waals surface area (Å²) < 4.78 is 0. The maximum absolute atomic E-state index is 4.25. The maximum Gasteiger partial charge on any atom is 0.109 e. The SMILES string of the molecule is C=C(C)CC(/C=N\C=N/C)CCCC(C)(C)CCCC. The van der Waals surface area contributed by atoms with Gasteiger partial charge in [-0.2, -0.15) is 0 Å². The van der Waals surface area contributed by atoms with Gasteiger partial charge in [0.15, 0.2) is 0 Å². The molecule has 0 aromatic rings. The van der Waals surface area contributed by atoms with Gasteiger partial charge < -0.3 is 0 Å². The van der Waals surface area contributed by atoms with Gasteiger partial charge in [0.2, 0.25) is 0 Å². The molecule has 0 N–H and O–H groups in total. The first kappa shape index (κ1) is 19.1. The van der Waals surface area contributed by atoms with Crippen molar-refractivity contribution in [3.8, 4) is 0 Å². The average molecular weight is 278 g/mol. The lowest BCUT2D eigenvalue weighted by Crippen LogP contribution is -2.12. The molecule has 116 valence electrons. The van der Waals surface area contributed by atoms with Gasteiger partial charge in [0.05, 0.1) is 0 Å². The number of rotatable bonds is 11. The predicted molar refractivity (Wildman–Crippen MR) is 93.0 cm³/mol. The number of unbranched alkanes of at least 4 members (excludes halogenated alkanes) is 1. The highest BCUT2D eigenvalue weighted by Gasteiger charge is 2.17. The van der Waals surface area contributed by atoms with E-state index in [1.54, 1.807) is 13.4 Å². The van der Waals surface area contributed by atoms with Crippen LogP contribution in [0.15, 0.2) is 22.1 Å². The lowest BCUT2D eigenvalue weighted by atomic mass is 9.81. The molecule has 0 saturated heterocycles. The van der Waals surface area contributed by atoms with E-state index in [-0.39, 0.29) is 0 Å². The number of allylic oxidation sites excluding steroid dienone is 1. The molecule has 20 heavy (non-hydrogen) atoms. The van der Waals surface area contributed by atoms with Crippen LogP contribution in [0.2, 0.25) is 0 Å². The molecule has 0 fully saturated rings. The minimum Gasteiger partial charge on any atom is -0.277 e. The van der Waals surface area contributed by atoms with E-state index >= 15 is 0 Å². The van der Waals surface area contributed by atoms with E-state index < -0.39 is 0 Å². The summed E-state index contributed by atoms with van der Waals surface area (Å²) in [6, 6.07) is 0. The van der Waals surface area contributed by atoms with Crippen LogP contribution in [-0.4, -0.2) is 19.6 Å². The molecule has 0 rings (SSSR count). The van der Waals surface area contributed by atoms with Gasteiger partial charge in [-0.25, -0.2) is 4.99 Å². The van der Waals surface area contributed by atoms with Crippen LogP contribution in [0.5, 0.6) is 0 Å². The largest absolute Gasteiger partial charge is 0.277 e. The maximum atomic E-state index is 4.25. The Labute approximate surface area is 126 Å². The summed E-state index contributed by atoms with van der Waals surface area (Å²) in [6.45, 7) is 13.2. The first-order valence-electron chi connectivity index (χ1n) is 7.99. The number of hydrogen-bond acceptors (Lipinski definition) is 1. The monoisotopic (exact) mass is 278 g/mol. The first-order chi connectivity index (χ1) is 9.41. The zero-order valence-corrected chi connectivity index (χ0v) is 14.3. The molecule has 0 saturated carbocycles. The van der Waals surface area contributed by atoms with Gasteiger partial charge in [0, 0.05) is 13.3 Å². The van der Waals surface area contributed by atoms with Gasteiger partial charge in [-0.05, 0) is 43.9 Å².